The van der Waals surface area contributed by atoms with Gasteiger partial charge in [0.15, 0.2) is 0 Å². The Morgan fingerprint density at radius 2 is 1.71 bits per heavy atom. The van der Waals surface area contributed by atoms with Crippen LogP contribution in [0.2, 0.25) is 0 Å². The van der Waals surface area contributed by atoms with E-state index in [2.05, 4.69) is 6.92 Å². The van der Waals surface area contributed by atoms with Gasteiger partial charge in [0.25, 0.3) is 0 Å². The van der Waals surface area contributed by atoms with Crippen molar-refractivity contribution in [2.75, 3.05) is 0 Å². The van der Waals surface area contributed by atoms with Gasteiger partial charge in [0.2, 0.25) is 0 Å². The van der Waals surface area contributed by atoms with E-state index in [4.69, 9.17) is 11.6 Å². The highest BCUT2D eigenvalue weighted by molar-refractivity contribution is 6.20. The highest BCUT2D eigenvalue weighted by atomic mass is 35.5. The second-order valence-corrected chi connectivity index (χ2v) is 5.86. The van der Waals surface area contributed by atoms with Crippen molar-refractivity contribution in [3.05, 3.63) is 0 Å². The second-order valence-electron chi connectivity index (χ2n) is 5.30. The molecule has 2 fully saturated rings. The standard InChI is InChI=1S/C13H23Cl/c1-2-10-6-8-11(9-7-10)12-4-3-5-13(12)14/h10-13H,2-9H2,1H3. The van der Waals surface area contributed by atoms with Crippen molar-refractivity contribution in [3.63, 3.8) is 0 Å². The molecule has 0 nitrogen and oxygen atoms in total. The molecule has 2 aliphatic rings. The number of rotatable bonds is 2. The summed E-state index contributed by atoms with van der Waals surface area (Å²) in [7, 11) is 0. The highest BCUT2D eigenvalue weighted by Crippen LogP contribution is 2.43. The van der Waals surface area contributed by atoms with Gasteiger partial charge in [-0.25, -0.2) is 0 Å². The molecule has 2 atom stereocenters. The van der Waals surface area contributed by atoms with Crippen molar-refractivity contribution >= 4 is 11.6 Å². The zero-order chi connectivity index (χ0) is 9.97. The van der Waals surface area contributed by atoms with Crippen molar-refractivity contribution in [2.45, 2.75) is 63.7 Å². The summed E-state index contributed by atoms with van der Waals surface area (Å²) in [5, 5.41) is 0.512. The molecule has 14 heavy (non-hydrogen) atoms. The van der Waals surface area contributed by atoms with E-state index in [0.717, 1.165) is 17.8 Å². The predicted octanol–water partition coefficient (Wildman–Crippen LogP) is 4.61. The van der Waals surface area contributed by atoms with Crippen LogP contribution in [0.5, 0.6) is 0 Å². The molecule has 0 heterocycles. The summed E-state index contributed by atoms with van der Waals surface area (Å²) < 4.78 is 0. The largest absolute Gasteiger partial charge is 0.123 e. The van der Waals surface area contributed by atoms with E-state index in [0.29, 0.717) is 5.38 Å². The first-order valence-corrected chi connectivity index (χ1v) is 6.89. The molecule has 0 saturated heterocycles. The third-order valence-corrected chi connectivity index (χ3v) is 5.10. The van der Waals surface area contributed by atoms with Gasteiger partial charge in [-0.3, -0.25) is 0 Å². The molecular weight excluding hydrogens is 192 g/mol. The number of halogens is 1. The SMILES string of the molecule is CCC1CCC(C2CCCC2Cl)CC1. The highest BCUT2D eigenvalue weighted by Gasteiger charge is 2.34. The molecule has 0 aromatic rings. The zero-order valence-electron chi connectivity index (χ0n) is 9.34. The van der Waals surface area contributed by atoms with Crippen LogP contribution in [0.25, 0.3) is 0 Å². The Morgan fingerprint density at radius 3 is 2.21 bits per heavy atom. The maximum atomic E-state index is 6.38. The first-order chi connectivity index (χ1) is 6.81. The van der Waals surface area contributed by atoms with Crippen LogP contribution < -0.4 is 0 Å². The van der Waals surface area contributed by atoms with Gasteiger partial charge in [-0.15, -0.1) is 11.6 Å². The second kappa shape index (κ2) is 4.88. The minimum atomic E-state index is 0.512. The minimum Gasteiger partial charge on any atom is -0.123 e. The lowest BCUT2D eigenvalue weighted by Crippen LogP contribution is -2.24. The molecule has 2 rings (SSSR count). The average molecular weight is 215 g/mol. The molecule has 0 spiro atoms. The summed E-state index contributed by atoms with van der Waals surface area (Å²) in [4.78, 5) is 0. The molecule has 1 heteroatoms. The van der Waals surface area contributed by atoms with Gasteiger partial charge < -0.3 is 0 Å². The van der Waals surface area contributed by atoms with Crippen molar-refractivity contribution in [1.29, 1.82) is 0 Å². The first-order valence-electron chi connectivity index (χ1n) is 6.45. The van der Waals surface area contributed by atoms with Gasteiger partial charge in [0.05, 0.1) is 0 Å². The van der Waals surface area contributed by atoms with Crippen LogP contribution in [0.1, 0.15) is 58.3 Å². The third kappa shape index (κ3) is 2.27. The summed E-state index contributed by atoms with van der Waals surface area (Å²) >= 11 is 6.38. The lowest BCUT2D eigenvalue weighted by atomic mass is 9.74. The molecule has 0 amide bonds. The summed E-state index contributed by atoms with van der Waals surface area (Å²) in [6.45, 7) is 2.34. The van der Waals surface area contributed by atoms with Gasteiger partial charge in [-0.2, -0.15) is 0 Å². The number of hydrogen-bond acceptors (Lipinski definition) is 0. The lowest BCUT2D eigenvalue weighted by Gasteiger charge is -2.33. The van der Waals surface area contributed by atoms with E-state index in [-0.39, 0.29) is 0 Å². The van der Waals surface area contributed by atoms with E-state index in [9.17, 15) is 0 Å². The number of alkyl halides is 1. The van der Waals surface area contributed by atoms with Crippen LogP contribution in [0.3, 0.4) is 0 Å². The topological polar surface area (TPSA) is 0 Å². The maximum absolute atomic E-state index is 6.38. The average Bonchev–Trinajstić information content (AvgIpc) is 2.65. The zero-order valence-corrected chi connectivity index (χ0v) is 10.1. The van der Waals surface area contributed by atoms with Gasteiger partial charge in [-0.05, 0) is 43.4 Å². The molecule has 0 aromatic heterocycles. The van der Waals surface area contributed by atoms with Crippen molar-refractivity contribution in [1.82, 2.24) is 0 Å². The van der Waals surface area contributed by atoms with Crippen LogP contribution in [-0.2, 0) is 0 Å². The van der Waals surface area contributed by atoms with Crippen molar-refractivity contribution in [3.8, 4) is 0 Å². The molecule has 2 saturated carbocycles. The third-order valence-electron chi connectivity index (χ3n) is 4.56. The molecular formula is C13H23Cl. The Morgan fingerprint density at radius 1 is 1.00 bits per heavy atom. The van der Waals surface area contributed by atoms with E-state index in [1.165, 1.54) is 51.4 Å². The van der Waals surface area contributed by atoms with E-state index in [1.54, 1.807) is 0 Å². The lowest BCUT2D eigenvalue weighted by molar-refractivity contribution is 0.205. The quantitative estimate of drug-likeness (QED) is 0.589. The van der Waals surface area contributed by atoms with E-state index in [1.807, 2.05) is 0 Å². The predicted molar refractivity (Wildman–Crippen MR) is 62.7 cm³/mol. The molecule has 0 aromatic carbocycles. The summed E-state index contributed by atoms with van der Waals surface area (Å²) in [5.41, 5.74) is 0. The maximum Gasteiger partial charge on any atom is 0.0366 e. The molecule has 0 radical (unpaired) electrons. The van der Waals surface area contributed by atoms with Gasteiger partial charge in [0.1, 0.15) is 0 Å². The molecule has 0 aliphatic heterocycles. The van der Waals surface area contributed by atoms with Crippen LogP contribution >= 0.6 is 11.6 Å². The van der Waals surface area contributed by atoms with Crippen molar-refractivity contribution in [2.24, 2.45) is 17.8 Å². The first kappa shape index (κ1) is 10.8. The Hall–Kier alpha value is 0.290. The molecule has 0 bridgehead atoms. The minimum absolute atomic E-state index is 0.512. The van der Waals surface area contributed by atoms with Gasteiger partial charge >= 0.3 is 0 Å². The van der Waals surface area contributed by atoms with Crippen LogP contribution in [0.4, 0.5) is 0 Å². The smallest absolute Gasteiger partial charge is 0.0366 e. The summed E-state index contributed by atoms with van der Waals surface area (Å²) in [6.07, 6.45) is 11.3. The van der Waals surface area contributed by atoms with Crippen molar-refractivity contribution < 1.29 is 0 Å². The molecule has 82 valence electrons. The Kier molecular flexibility index (Phi) is 3.76. The fraction of sp³-hybridized carbons (Fsp3) is 1.00. The number of hydrogen-bond donors (Lipinski definition) is 0. The van der Waals surface area contributed by atoms with Gasteiger partial charge in [-0.1, -0.05) is 32.6 Å². The summed E-state index contributed by atoms with van der Waals surface area (Å²) in [6, 6.07) is 0. The monoisotopic (exact) mass is 214 g/mol. The Labute approximate surface area is 93.4 Å². The molecule has 2 aliphatic carbocycles. The molecule has 2 unspecified atom stereocenters. The summed E-state index contributed by atoms with van der Waals surface area (Å²) in [5.74, 6) is 2.87. The normalized spacial score (nSPS) is 44.1. The Bertz CT molecular complexity index is 170. The fourth-order valence-corrected chi connectivity index (χ4v) is 3.99. The molecule has 0 N–H and O–H groups in total. The van der Waals surface area contributed by atoms with Gasteiger partial charge in [0, 0.05) is 5.38 Å². The van der Waals surface area contributed by atoms with E-state index >= 15 is 0 Å². The van der Waals surface area contributed by atoms with E-state index < -0.39 is 0 Å². The van der Waals surface area contributed by atoms with Crippen LogP contribution in [-0.4, -0.2) is 5.38 Å². The Balaban J connectivity index is 1.82. The fourth-order valence-electron chi connectivity index (χ4n) is 3.50. The van der Waals surface area contributed by atoms with Crippen LogP contribution in [0, 0.1) is 17.8 Å². The van der Waals surface area contributed by atoms with Crippen LogP contribution in [0.15, 0.2) is 0 Å².